The molecule has 0 aromatic heterocycles. The standard InChI is InChI=1S/2C23H24O8/c2*1-25-17-5-11(6-18(26-2)22(17)28-4)19-12-7-15-16(31-10-30-15)8-13(12)21(27-3)14-9-29-23(24)20(14)19/h2*5-8,14,19-21H,9-10H2,1-4H3/t14?,19-,20+,21+;14?,19-,20+,21-/m11/s1. The molecule has 0 saturated carbocycles. The molecule has 10 rings (SSSR count). The lowest BCUT2D eigenvalue weighted by Gasteiger charge is -2.38. The van der Waals surface area contributed by atoms with Crippen LogP contribution >= 0.6 is 0 Å². The van der Waals surface area contributed by atoms with Gasteiger partial charge in [-0.3, -0.25) is 9.59 Å². The largest absolute Gasteiger partial charge is 0.493 e. The quantitative estimate of drug-likeness (QED) is 0.167. The number of hydrogen-bond acceptors (Lipinski definition) is 16. The summed E-state index contributed by atoms with van der Waals surface area (Å²) in [7, 11) is 12.7. The van der Waals surface area contributed by atoms with E-state index in [1.54, 1.807) is 56.9 Å². The van der Waals surface area contributed by atoms with Crippen LogP contribution in [-0.4, -0.2) is 95.6 Å². The van der Waals surface area contributed by atoms with Crippen molar-refractivity contribution in [2.24, 2.45) is 23.7 Å². The zero-order valence-corrected chi connectivity index (χ0v) is 35.6. The summed E-state index contributed by atoms with van der Waals surface area (Å²) in [6.07, 6.45) is -0.585. The van der Waals surface area contributed by atoms with Crippen LogP contribution in [0.25, 0.3) is 0 Å². The first-order chi connectivity index (χ1) is 30.2. The normalized spacial score (nSPS) is 25.5. The summed E-state index contributed by atoms with van der Waals surface area (Å²) >= 11 is 0. The van der Waals surface area contributed by atoms with Crippen molar-refractivity contribution in [3.8, 4) is 57.5 Å². The van der Waals surface area contributed by atoms with Crippen molar-refractivity contribution < 1.29 is 75.9 Å². The summed E-state index contributed by atoms with van der Waals surface area (Å²) in [5.41, 5.74) is 5.52. The number of hydrogen-bond donors (Lipinski definition) is 0. The summed E-state index contributed by atoms with van der Waals surface area (Å²) in [5.74, 6) is 3.56. The van der Waals surface area contributed by atoms with Gasteiger partial charge in [-0.1, -0.05) is 0 Å². The number of cyclic esters (lactones) is 2. The topological polar surface area (TPSA) is 163 Å². The molecule has 6 aliphatic rings. The Morgan fingerprint density at radius 3 is 1.03 bits per heavy atom. The van der Waals surface area contributed by atoms with E-state index in [-0.39, 0.29) is 61.4 Å². The van der Waals surface area contributed by atoms with Crippen molar-refractivity contribution in [1.82, 2.24) is 0 Å². The van der Waals surface area contributed by atoms with Crippen LogP contribution in [0.15, 0.2) is 48.5 Å². The van der Waals surface area contributed by atoms with Crippen LogP contribution < -0.4 is 47.4 Å². The highest BCUT2D eigenvalue weighted by atomic mass is 16.7. The number of rotatable bonds is 10. The van der Waals surface area contributed by atoms with E-state index in [1.807, 2.05) is 48.5 Å². The molecule has 0 spiro atoms. The van der Waals surface area contributed by atoms with Gasteiger partial charge in [-0.05, 0) is 81.9 Å². The summed E-state index contributed by atoms with van der Waals surface area (Å²) < 4.78 is 78.4. The van der Waals surface area contributed by atoms with Gasteiger partial charge in [0.25, 0.3) is 0 Å². The van der Waals surface area contributed by atoms with E-state index in [0.29, 0.717) is 70.7 Å². The molecule has 8 atom stereocenters. The van der Waals surface area contributed by atoms with E-state index in [4.69, 9.17) is 66.3 Å². The number of fused-ring (bicyclic) bond motifs is 6. The first-order valence-corrected chi connectivity index (χ1v) is 20.1. The Morgan fingerprint density at radius 1 is 0.419 bits per heavy atom. The number of carbonyl (C=O) groups is 2. The Bertz CT molecular complexity index is 2180. The lowest BCUT2D eigenvalue weighted by Crippen LogP contribution is -2.35. The molecule has 4 heterocycles. The Morgan fingerprint density at radius 2 is 0.742 bits per heavy atom. The van der Waals surface area contributed by atoms with Gasteiger partial charge in [-0.15, -0.1) is 0 Å². The van der Waals surface area contributed by atoms with Gasteiger partial charge < -0.3 is 66.3 Å². The molecule has 16 heteroatoms. The second kappa shape index (κ2) is 16.5. The maximum atomic E-state index is 12.9. The predicted octanol–water partition coefficient (Wildman–Crippen LogP) is 6.13. The SMILES string of the molecule is COc1cc([C@@H]2c3cc4c(cc3[C@@H](OC)C3COC(=O)[C@@H]32)OCO4)cc(OC)c1OC.COc1cc([C@@H]2c3cc4c(cc3[C@H](OC)C3COC(=O)[C@@H]32)OCO4)cc(OC)c1OC. The van der Waals surface area contributed by atoms with Gasteiger partial charge in [0.1, 0.15) is 0 Å². The van der Waals surface area contributed by atoms with Crippen LogP contribution in [0.2, 0.25) is 0 Å². The minimum atomic E-state index is -0.416. The third-order valence-electron chi connectivity index (χ3n) is 12.8. The zero-order valence-electron chi connectivity index (χ0n) is 35.6. The fraction of sp³-hybridized carbons (Fsp3) is 0.435. The fourth-order valence-corrected chi connectivity index (χ4v) is 10.2. The number of benzene rings is 4. The number of methoxy groups -OCH3 is 8. The Hall–Kier alpha value is -6.26. The molecule has 4 aliphatic heterocycles. The van der Waals surface area contributed by atoms with Crippen LogP contribution in [0.1, 0.15) is 57.4 Å². The van der Waals surface area contributed by atoms with Crippen LogP contribution in [0.5, 0.6) is 57.5 Å². The third kappa shape index (κ3) is 6.49. The highest BCUT2D eigenvalue weighted by molar-refractivity contribution is 5.80. The van der Waals surface area contributed by atoms with E-state index in [2.05, 4.69) is 0 Å². The van der Waals surface area contributed by atoms with Crippen molar-refractivity contribution in [2.45, 2.75) is 24.0 Å². The molecule has 2 aliphatic carbocycles. The first kappa shape index (κ1) is 41.1. The Kier molecular flexibility index (Phi) is 11.0. The maximum Gasteiger partial charge on any atom is 0.310 e. The smallest absolute Gasteiger partial charge is 0.310 e. The predicted molar refractivity (Wildman–Crippen MR) is 216 cm³/mol. The van der Waals surface area contributed by atoms with E-state index < -0.39 is 11.8 Å². The summed E-state index contributed by atoms with van der Waals surface area (Å²) in [6.45, 7) is 0.937. The number of carbonyl (C=O) groups excluding carboxylic acids is 2. The second-order valence-corrected chi connectivity index (χ2v) is 15.5. The Labute approximate surface area is 358 Å². The average Bonchev–Trinajstić information content (AvgIpc) is 4.13. The van der Waals surface area contributed by atoms with E-state index in [0.717, 1.165) is 33.4 Å². The fourth-order valence-electron chi connectivity index (χ4n) is 10.2. The van der Waals surface area contributed by atoms with Gasteiger partial charge in [0, 0.05) is 37.9 Å². The van der Waals surface area contributed by atoms with Gasteiger partial charge in [0.15, 0.2) is 46.0 Å². The van der Waals surface area contributed by atoms with Crippen LogP contribution in [0.4, 0.5) is 0 Å². The number of esters is 2. The molecule has 16 nitrogen and oxygen atoms in total. The lowest BCUT2D eigenvalue weighted by molar-refractivity contribution is -0.142. The molecule has 0 amide bonds. The third-order valence-corrected chi connectivity index (χ3v) is 12.8. The molecule has 4 aromatic carbocycles. The average molecular weight is 857 g/mol. The van der Waals surface area contributed by atoms with Gasteiger partial charge >= 0.3 is 11.9 Å². The minimum absolute atomic E-state index is 0.130. The minimum Gasteiger partial charge on any atom is -0.493 e. The Balaban J connectivity index is 0.000000158. The first-order valence-electron chi connectivity index (χ1n) is 20.1. The molecule has 2 saturated heterocycles. The maximum absolute atomic E-state index is 12.9. The van der Waals surface area contributed by atoms with Crippen molar-refractivity contribution in [2.75, 3.05) is 83.7 Å². The number of ether oxygens (including phenoxy) is 14. The monoisotopic (exact) mass is 856 g/mol. The molecule has 328 valence electrons. The molecular formula is C46H48O16. The molecule has 0 radical (unpaired) electrons. The van der Waals surface area contributed by atoms with Gasteiger partial charge in [-0.2, -0.15) is 0 Å². The van der Waals surface area contributed by atoms with Crippen LogP contribution in [0, 0.1) is 23.7 Å². The summed E-state index contributed by atoms with van der Waals surface area (Å²) in [5, 5.41) is 0. The van der Waals surface area contributed by atoms with Crippen molar-refractivity contribution in [1.29, 1.82) is 0 Å². The summed E-state index contributed by atoms with van der Waals surface area (Å²) in [6, 6.07) is 15.3. The highest BCUT2D eigenvalue weighted by Gasteiger charge is 2.54. The molecule has 62 heavy (non-hydrogen) atoms. The van der Waals surface area contributed by atoms with E-state index in [9.17, 15) is 9.59 Å². The second-order valence-electron chi connectivity index (χ2n) is 15.5. The van der Waals surface area contributed by atoms with Crippen molar-refractivity contribution in [3.63, 3.8) is 0 Å². The summed E-state index contributed by atoms with van der Waals surface area (Å²) in [4.78, 5) is 25.8. The lowest BCUT2D eigenvalue weighted by atomic mass is 9.66. The zero-order chi connectivity index (χ0) is 43.4. The highest BCUT2D eigenvalue weighted by Crippen LogP contribution is 2.58. The van der Waals surface area contributed by atoms with Crippen molar-refractivity contribution in [3.05, 3.63) is 81.9 Å². The van der Waals surface area contributed by atoms with Crippen LogP contribution in [0.3, 0.4) is 0 Å². The van der Waals surface area contributed by atoms with E-state index >= 15 is 0 Å². The van der Waals surface area contributed by atoms with Crippen molar-refractivity contribution >= 4 is 11.9 Å². The molecule has 0 N–H and O–H groups in total. The molecule has 0 bridgehead atoms. The van der Waals surface area contributed by atoms with Crippen LogP contribution in [-0.2, 0) is 28.5 Å². The molecule has 2 unspecified atom stereocenters. The van der Waals surface area contributed by atoms with Gasteiger partial charge in [0.2, 0.25) is 25.1 Å². The van der Waals surface area contributed by atoms with Gasteiger partial charge in [0.05, 0.1) is 79.9 Å². The van der Waals surface area contributed by atoms with E-state index in [1.165, 1.54) is 0 Å². The molecular weight excluding hydrogens is 808 g/mol. The molecule has 4 aromatic rings. The van der Waals surface area contributed by atoms with Gasteiger partial charge in [-0.25, -0.2) is 0 Å². The molecule has 2 fully saturated rings.